The molecule has 1 aromatic rings. The molecule has 1 rings (SSSR count). The minimum Gasteiger partial charge on any atom is -0.495 e. The predicted octanol–water partition coefficient (Wildman–Crippen LogP) is 1.40. The first-order chi connectivity index (χ1) is 6.56. The second-order valence-electron chi connectivity index (χ2n) is 3.16. The van der Waals surface area contributed by atoms with Gasteiger partial charge in [-0.25, -0.2) is 0 Å². The highest BCUT2D eigenvalue weighted by Gasteiger charge is 2.09. The lowest BCUT2D eigenvalue weighted by Crippen LogP contribution is -2.21. The monoisotopic (exact) mass is 230 g/mol. The van der Waals surface area contributed by atoms with Crippen LogP contribution in [0.1, 0.15) is 10.4 Å². The van der Waals surface area contributed by atoms with Crippen LogP contribution in [-0.2, 0) is 0 Å². The van der Waals surface area contributed by atoms with Gasteiger partial charge in [0, 0.05) is 19.7 Å². The van der Waals surface area contributed by atoms with Crippen molar-refractivity contribution in [2.45, 2.75) is 0 Å². The normalized spacial score (nSPS) is 9.00. The first kappa shape index (κ1) is 13.6. The fourth-order valence-corrected chi connectivity index (χ4v) is 1.10. The first-order valence-electron chi connectivity index (χ1n) is 4.21. The molecule has 0 aliphatic rings. The van der Waals surface area contributed by atoms with E-state index in [1.165, 1.54) is 12.0 Å². The SMILES string of the molecule is COc1cc(C(=O)N(C)C)ccc1N.Cl. The van der Waals surface area contributed by atoms with Crippen LogP contribution in [0.5, 0.6) is 5.75 Å². The molecule has 0 saturated heterocycles. The van der Waals surface area contributed by atoms with E-state index in [4.69, 9.17) is 10.5 Å². The van der Waals surface area contributed by atoms with Crippen LogP contribution in [0, 0.1) is 0 Å². The number of rotatable bonds is 2. The van der Waals surface area contributed by atoms with Gasteiger partial charge in [0.25, 0.3) is 5.91 Å². The van der Waals surface area contributed by atoms with Crippen LogP contribution < -0.4 is 10.5 Å². The number of amides is 1. The molecule has 0 unspecified atom stereocenters. The predicted molar refractivity (Wildman–Crippen MR) is 62.7 cm³/mol. The molecule has 1 aromatic carbocycles. The van der Waals surface area contributed by atoms with Gasteiger partial charge in [0.15, 0.2) is 0 Å². The van der Waals surface area contributed by atoms with Gasteiger partial charge in [-0.3, -0.25) is 4.79 Å². The van der Waals surface area contributed by atoms with Gasteiger partial charge in [0.1, 0.15) is 5.75 Å². The number of nitrogens with zero attached hydrogens (tertiary/aromatic N) is 1. The molecule has 0 radical (unpaired) electrons. The van der Waals surface area contributed by atoms with Crippen molar-refractivity contribution in [3.8, 4) is 5.75 Å². The number of halogens is 1. The summed E-state index contributed by atoms with van der Waals surface area (Å²) >= 11 is 0. The van der Waals surface area contributed by atoms with Gasteiger partial charge in [0.05, 0.1) is 12.8 Å². The molecule has 2 N–H and O–H groups in total. The second kappa shape index (κ2) is 5.46. The zero-order valence-electron chi connectivity index (χ0n) is 8.98. The lowest BCUT2D eigenvalue weighted by molar-refractivity contribution is 0.0827. The summed E-state index contributed by atoms with van der Waals surface area (Å²) in [6.07, 6.45) is 0. The number of benzene rings is 1. The summed E-state index contributed by atoms with van der Waals surface area (Å²) < 4.78 is 5.02. The fourth-order valence-electron chi connectivity index (χ4n) is 1.10. The molecular formula is C10H15ClN2O2. The van der Waals surface area contributed by atoms with Gasteiger partial charge < -0.3 is 15.4 Å². The molecule has 0 aliphatic carbocycles. The Kier molecular flexibility index (Phi) is 4.94. The van der Waals surface area contributed by atoms with Gasteiger partial charge >= 0.3 is 0 Å². The minimum absolute atomic E-state index is 0. The Morgan fingerprint density at radius 1 is 1.40 bits per heavy atom. The quantitative estimate of drug-likeness (QED) is 0.782. The molecule has 4 nitrogen and oxygen atoms in total. The minimum atomic E-state index is -0.0664. The zero-order chi connectivity index (χ0) is 10.7. The van der Waals surface area contributed by atoms with E-state index in [0.29, 0.717) is 17.0 Å². The fraction of sp³-hybridized carbons (Fsp3) is 0.300. The third-order valence-corrected chi connectivity index (χ3v) is 1.89. The van der Waals surface area contributed by atoms with Crippen LogP contribution in [-0.4, -0.2) is 32.0 Å². The van der Waals surface area contributed by atoms with Crippen LogP contribution in [0.15, 0.2) is 18.2 Å². The van der Waals surface area contributed by atoms with E-state index in [-0.39, 0.29) is 18.3 Å². The molecule has 0 aromatic heterocycles. The van der Waals surface area contributed by atoms with E-state index < -0.39 is 0 Å². The van der Waals surface area contributed by atoms with Gasteiger partial charge in [-0.1, -0.05) is 0 Å². The van der Waals surface area contributed by atoms with Crippen molar-refractivity contribution in [3.05, 3.63) is 23.8 Å². The number of anilines is 1. The number of carbonyl (C=O) groups is 1. The summed E-state index contributed by atoms with van der Waals surface area (Å²) in [4.78, 5) is 13.1. The summed E-state index contributed by atoms with van der Waals surface area (Å²) in [6.45, 7) is 0. The molecule has 0 heterocycles. The summed E-state index contributed by atoms with van der Waals surface area (Å²) in [5, 5.41) is 0. The topological polar surface area (TPSA) is 55.6 Å². The Bertz CT molecular complexity index is 353. The van der Waals surface area contributed by atoms with E-state index in [1.807, 2.05) is 0 Å². The van der Waals surface area contributed by atoms with E-state index >= 15 is 0 Å². The third kappa shape index (κ3) is 3.02. The summed E-state index contributed by atoms with van der Waals surface area (Å²) in [7, 11) is 4.92. The standard InChI is InChI=1S/C10H14N2O2.ClH/c1-12(2)10(13)7-4-5-8(11)9(6-7)14-3;/h4-6H,11H2,1-3H3;1H. The maximum absolute atomic E-state index is 11.6. The first-order valence-corrected chi connectivity index (χ1v) is 4.21. The molecule has 0 fully saturated rings. The van der Waals surface area contributed by atoms with Crippen molar-refractivity contribution >= 4 is 24.0 Å². The lowest BCUT2D eigenvalue weighted by Gasteiger charge is -2.11. The number of nitrogen functional groups attached to an aromatic ring is 1. The summed E-state index contributed by atoms with van der Waals surface area (Å²) in [6, 6.07) is 4.98. The van der Waals surface area contributed by atoms with Crippen molar-refractivity contribution < 1.29 is 9.53 Å². The maximum atomic E-state index is 11.6. The van der Waals surface area contributed by atoms with Crippen molar-refractivity contribution in [2.24, 2.45) is 0 Å². The van der Waals surface area contributed by atoms with Crippen LogP contribution in [0.3, 0.4) is 0 Å². The van der Waals surface area contributed by atoms with Gasteiger partial charge in [-0.05, 0) is 18.2 Å². The van der Waals surface area contributed by atoms with Crippen LogP contribution in [0.2, 0.25) is 0 Å². The maximum Gasteiger partial charge on any atom is 0.253 e. The second-order valence-corrected chi connectivity index (χ2v) is 3.16. The number of ether oxygens (including phenoxy) is 1. The Balaban J connectivity index is 0.00000196. The molecule has 15 heavy (non-hydrogen) atoms. The van der Waals surface area contributed by atoms with Gasteiger partial charge in [-0.15, -0.1) is 12.4 Å². The number of hydrogen-bond donors (Lipinski definition) is 1. The average molecular weight is 231 g/mol. The van der Waals surface area contributed by atoms with Crippen molar-refractivity contribution in [1.82, 2.24) is 4.90 Å². The van der Waals surface area contributed by atoms with E-state index in [9.17, 15) is 4.79 Å². The molecule has 0 aliphatic heterocycles. The Hall–Kier alpha value is -1.42. The Morgan fingerprint density at radius 2 is 2.00 bits per heavy atom. The number of carbonyl (C=O) groups excluding carboxylic acids is 1. The third-order valence-electron chi connectivity index (χ3n) is 1.89. The number of nitrogens with two attached hydrogens (primary N) is 1. The highest BCUT2D eigenvalue weighted by Crippen LogP contribution is 2.22. The Labute approximate surface area is 95.4 Å². The number of methoxy groups -OCH3 is 1. The number of hydrogen-bond acceptors (Lipinski definition) is 3. The molecule has 0 spiro atoms. The smallest absolute Gasteiger partial charge is 0.253 e. The van der Waals surface area contributed by atoms with E-state index in [1.54, 1.807) is 32.3 Å². The average Bonchev–Trinajstić information content (AvgIpc) is 2.17. The molecule has 0 bridgehead atoms. The van der Waals surface area contributed by atoms with Gasteiger partial charge in [0.2, 0.25) is 0 Å². The molecule has 1 amide bonds. The van der Waals surface area contributed by atoms with Crippen molar-refractivity contribution in [2.75, 3.05) is 26.9 Å². The van der Waals surface area contributed by atoms with E-state index in [0.717, 1.165) is 0 Å². The van der Waals surface area contributed by atoms with Gasteiger partial charge in [-0.2, -0.15) is 0 Å². The molecule has 5 heteroatoms. The molecule has 84 valence electrons. The highest BCUT2D eigenvalue weighted by atomic mass is 35.5. The zero-order valence-corrected chi connectivity index (χ0v) is 9.80. The highest BCUT2D eigenvalue weighted by molar-refractivity contribution is 5.94. The van der Waals surface area contributed by atoms with Crippen LogP contribution in [0.4, 0.5) is 5.69 Å². The van der Waals surface area contributed by atoms with Crippen LogP contribution in [0.25, 0.3) is 0 Å². The van der Waals surface area contributed by atoms with Crippen molar-refractivity contribution in [1.29, 1.82) is 0 Å². The largest absolute Gasteiger partial charge is 0.495 e. The van der Waals surface area contributed by atoms with Crippen LogP contribution >= 0.6 is 12.4 Å². The molecular weight excluding hydrogens is 216 g/mol. The summed E-state index contributed by atoms with van der Waals surface area (Å²) in [5.41, 5.74) is 6.73. The summed E-state index contributed by atoms with van der Waals surface area (Å²) in [5.74, 6) is 0.459. The molecule has 0 saturated carbocycles. The van der Waals surface area contributed by atoms with Crippen molar-refractivity contribution in [3.63, 3.8) is 0 Å². The Morgan fingerprint density at radius 3 is 2.47 bits per heavy atom. The molecule has 0 atom stereocenters. The van der Waals surface area contributed by atoms with E-state index in [2.05, 4.69) is 0 Å². The lowest BCUT2D eigenvalue weighted by atomic mass is 10.1.